The van der Waals surface area contributed by atoms with Crippen LogP contribution >= 0.6 is 0 Å². The Morgan fingerprint density at radius 2 is 1.68 bits per heavy atom. The van der Waals surface area contributed by atoms with Crippen LogP contribution in [0.15, 0.2) is 48.5 Å². The van der Waals surface area contributed by atoms with E-state index in [2.05, 4.69) is 6.07 Å². The van der Waals surface area contributed by atoms with Crippen LogP contribution in [0.2, 0.25) is 0 Å². The van der Waals surface area contributed by atoms with Crippen molar-refractivity contribution >= 4 is 11.9 Å². The van der Waals surface area contributed by atoms with Gasteiger partial charge in [-0.2, -0.15) is 0 Å². The van der Waals surface area contributed by atoms with Gasteiger partial charge in [0.2, 0.25) is 0 Å². The second-order valence-electron chi connectivity index (χ2n) is 10.0. The van der Waals surface area contributed by atoms with Gasteiger partial charge in [-0.3, -0.25) is 4.79 Å². The van der Waals surface area contributed by atoms with E-state index in [9.17, 15) is 4.79 Å². The first kappa shape index (κ1) is 20.4. The lowest BCUT2D eigenvalue weighted by Gasteiger charge is -2.55. The number of ether oxygens (including phenoxy) is 2. The Hall–Kier alpha value is -2.55. The number of aryl methyl sites for hydroxylation is 1. The Morgan fingerprint density at radius 1 is 1.00 bits per heavy atom. The minimum Gasteiger partial charge on any atom is -0.496 e. The zero-order valence-electron chi connectivity index (χ0n) is 18.6. The number of rotatable bonds is 7. The van der Waals surface area contributed by atoms with Crippen molar-refractivity contribution in [2.45, 2.75) is 52.1 Å². The molecule has 0 amide bonds. The number of benzene rings is 2. The SMILES string of the molecule is COc1ccc(/C=C/C(=O)C23CC4CC(CC(C4)C2)C3)cc1COc1ccccc1C. The fraction of sp³-hybridized carbons (Fsp3) is 0.464. The van der Waals surface area contributed by atoms with E-state index in [0.29, 0.717) is 12.4 Å². The normalized spacial score (nSPS) is 28.8. The van der Waals surface area contributed by atoms with Gasteiger partial charge in [-0.15, -0.1) is 0 Å². The lowest BCUT2D eigenvalue weighted by Crippen LogP contribution is -2.49. The summed E-state index contributed by atoms with van der Waals surface area (Å²) >= 11 is 0. The summed E-state index contributed by atoms with van der Waals surface area (Å²) in [6.45, 7) is 2.47. The maximum absolute atomic E-state index is 13.3. The second kappa shape index (κ2) is 8.18. The highest BCUT2D eigenvalue weighted by Crippen LogP contribution is 2.60. The minimum atomic E-state index is -0.0749. The van der Waals surface area contributed by atoms with Crippen molar-refractivity contribution in [3.05, 3.63) is 65.2 Å². The monoisotopic (exact) mass is 416 g/mol. The van der Waals surface area contributed by atoms with E-state index < -0.39 is 0 Å². The maximum atomic E-state index is 13.3. The summed E-state index contributed by atoms with van der Waals surface area (Å²) < 4.78 is 11.6. The molecule has 0 radical (unpaired) electrons. The number of para-hydroxylation sites is 1. The van der Waals surface area contributed by atoms with Crippen LogP contribution in [0.5, 0.6) is 11.5 Å². The molecule has 162 valence electrons. The van der Waals surface area contributed by atoms with Crippen molar-refractivity contribution in [3.8, 4) is 11.5 Å². The topological polar surface area (TPSA) is 35.5 Å². The third-order valence-electron chi connectivity index (χ3n) is 7.77. The van der Waals surface area contributed by atoms with Crippen LogP contribution in [0.4, 0.5) is 0 Å². The Bertz CT molecular complexity index is 968. The van der Waals surface area contributed by atoms with Crippen LogP contribution in [0, 0.1) is 30.1 Å². The Labute approximate surface area is 185 Å². The first-order valence-electron chi connectivity index (χ1n) is 11.6. The number of methoxy groups -OCH3 is 1. The first-order valence-corrected chi connectivity index (χ1v) is 11.6. The zero-order chi connectivity index (χ0) is 21.4. The summed E-state index contributed by atoms with van der Waals surface area (Å²) in [4.78, 5) is 13.3. The van der Waals surface area contributed by atoms with Crippen LogP contribution in [0.3, 0.4) is 0 Å². The molecule has 0 spiro atoms. The summed E-state index contributed by atoms with van der Waals surface area (Å²) in [7, 11) is 1.68. The Morgan fingerprint density at radius 3 is 2.32 bits per heavy atom. The minimum absolute atomic E-state index is 0.0749. The molecule has 0 atom stereocenters. The third-order valence-corrected chi connectivity index (χ3v) is 7.77. The van der Waals surface area contributed by atoms with Gasteiger partial charge in [0.05, 0.1) is 7.11 Å². The molecule has 2 aromatic rings. The van der Waals surface area contributed by atoms with Gasteiger partial charge in [0.1, 0.15) is 18.1 Å². The predicted molar refractivity (Wildman–Crippen MR) is 123 cm³/mol. The van der Waals surface area contributed by atoms with Crippen molar-refractivity contribution in [1.82, 2.24) is 0 Å². The van der Waals surface area contributed by atoms with Crippen LogP contribution in [-0.2, 0) is 11.4 Å². The van der Waals surface area contributed by atoms with Crippen molar-refractivity contribution < 1.29 is 14.3 Å². The molecule has 3 heteroatoms. The molecule has 4 saturated carbocycles. The highest BCUT2D eigenvalue weighted by Gasteiger charge is 2.53. The van der Waals surface area contributed by atoms with Gasteiger partial charge in [-0.1, -0.05) is 30.3 Å². The van der Waals surface area contributed by atoms with Crippen molar-refractivity contribution in [2.75, 3.05) is 7.11 Å². The lowest BCUT2D eigenvalue weighted by atomic mass is 9.48. The summed E-state index contributed by atoms with van der Waals surface area (Å²) in [6, 6.07) is 14.1. The van der Waals surface area contributed by atoms with E-state index in [1.807, 2.05) is 55.5 Å². The molecule has 0 saturated heterocycles. The molecular weight excluding hydrogens is 384 g/mol. The van der Waals surface area contributed by atoms with E-state index >= 15 is 0 Å². The molecule has 4 aliphatic rings. The largest absolute Gasteiger partial charge is 0.496 e. The second-order valence-corrected chi connectivity index (χ2v) is 10.0. The molecule has 0 aliphatic heterocycles. The number of carbonyl (C=O) groups is 1. The van der Waals surface area contributed by atoms with E-state index in [1.165, 1.54) is 19.3 Å². The molecular formula is C28H32O3. The van der Waals surface area contributed by atoms with Gasteiger partial charge in [0.15, 0.2) is 5.78 Å². The van der Waals surface area contributed by atoms with E-state index in [0.717, 1.165) is 65.2 Å². The summed E-state index contributed by atoms with van der Waals surface area (Å²) in [5, 5.41) is 0. The predicted octanol–water partition coefficient (Wildman–Crippen LogP) is 6.38. The first-order chi connectivity index (χ1) is 15.0. The average molecular weight is 417 g/mol. The number of allylic oxidation sites excluding steroid dienone is 1. The van der Waals surface area contributed by atoms with Crippen LogP contribution in [0.25, 0.3) is 6.08 Å². The lowest BCUT2D eigenvalue weighted by molar-refractivity contribution is -0.138. The van der Waals surface area contributed by atoms with Gasteiger partial charge in [-0.05, 0) is 98.6 Å². The van der Waals surface area contributed by atoms with Crippen molar-refractivity contribution in [3.63, 3.8) is 0 Å². The Balaban J connectivity index is 1.31. The maximum Gasteiger partial charge on any atom is 0.161 e. The summed E-state index contributed by atoms with van der Waals surface area (Å²) in [5.41, 5.74) is 3.03. The van der Waals surface area contributed by atoms with Gasteiger partial charge in [-0.25, -0.2) is 0 Å². The molecule has 4 aliphatic carbocycles. The van der Waals surface area contributed by atoms with E-state index in [1.54, 1.807) is 7.11 Å². The van der Waals surface area contributed by atoms with Crippen LogP contribution in [0.1, 0.15) is 55.2 Å². The van der Waals surface area contributed by atoms with E-state index in [4.69, 9.17) is 9.47 Å². The number of hydrogen-bond donors (Lipinski definition) is 0. The van der Waals surface area contributed by atoms with Crippen LogP contribution < -0.4 is 9.47 Å². The van der Waals surface area contributed by atoms with Gasteiger partial charge in [0.25, 0.3) is 0 Å². The highest BCUT2D eigenvalue weighted by atomic mass is 16.5. The molecule has 0 aromatic heterocycles. The number of carbonyl (C=O) groups excluding carboxylic acids is 1. The molecule has 3 nitrogen and oxygen atoms in total. The van der Waals surface area contributed by atoms with Crippen molar-refractivity contribution in [1.29, 1.82) is 0 Å². The zero-order valence-corrected chi connectivity index (χ0v) is 18.6. The molecule has 4 fully saturated rings. The molecule has 6 rings (SSSR count). The van der Waals surface area contributed by atoms with E-state index in [-0.39, 0.29) is 5.41 Å². The quantitative estimate of drug-likeness (QED) is 0.491. The molecule has 0 N–H and O–H groups in total. The van der Waals surface area contributed by atoms with Gasteiger partial charge >= 0.3 is 0 Å². The molecule has 4 bridgehead atoms. The summed E-state index contributed by atoms with van der Waals surface area (Å²) in [6.07, 6.45) is 11.2. The summed E-state index contributed by atoms with van der Waals surface area (Å²) in [5.74, 6) is 4.39. The molecule has 0 unspecified atom stereocenters. The van der Waals surface area contributed by atoms with Crippen molar-refractivity contribution in [2.24, 2.45) is 23.2 Å². The average Bonchev–Trinajstić information content (AvgIpc) is 2.76. The fourth-order valence-electron chi connectivity index (χ4n) is 6.65. The fourth-order valence-corrected chi connectivity index (χ4v) is 6.65. The van der Waals surface area contributed by atoms with Gasteiger partial charge < -0.3 is 9.47 Å². The molecule has 0 heterocycles. The van der Waals surface area contributed by atoms with Crippen LogP contribution in [-0.4, -0.2) is 12.9 Å². The highest BCUT2D eigenvalue weighted by molar-refractivity contribution is 5.98. The molecule has 31 heavy (non-hydrogen) atoms. The molecule has 2 aromatic carbocycles. The third kappa shape index (κ3) is 4.03. The smallest absolute Gasteiger partial charge is 0.161 e. The standard InChI is InChI=1S/C28H32O3/c1-19-5-3-4-6-25(19)31-18-24-14-20(7-9-26(24)30-2)8-10-27(29)28-15-21-11-22(16-28)13-23(12-21)17-28/h3-10,14,21-23H,11-13,15-18H2,1-2H3/b10-8+. The number of ketones is 1. The van der Waals surface area contributed by atoms with Gasteiger partial charge in [0, 0.05) is 11.0 Å². The number of hydrogen-bond acceptors (Lipinski definition) is 3. The Kier molecular flexibility index (Phi) is 5.37.